The van der Waals surface area contributed by atoms with Gasteiger partial charge in [-0.25, -0.2) is 8.42 Å². The van der Waals surface area contributed by atoms with Gasteiger partial charge in [0, 0.05) is 12.1 Å². The van der Waals surface area contributed by atoms with Gasteiger partial charge in [0.15, 0.2) is 23.0 Å². The molecule has 1 aliphatic carbocycles. The van der Waals surface area contributed by atoms with Crippen LogP contribution in [0.15, 0.2) is 18.2 Å². The monoisotopic (exact) mass is 403 g/mol. The number of methoxy groups -OCH3 is 2. The molecule has 2 aromatic rings. The van der Waals surface area contributed by atoms with Gasteiger partial charge in [-0.2, -0.15) is 4.31 Å². The van der Waals surface area contributed by atoms with Crippen molar-refractivity contribution in [2.75, 3.05) is 33.8 Å². The maximum Gasteiger partial charge on any atom is 0.231 e. The second-order valence-corrected chi connectivity index (χ2v) is 9.20. The van der Waals surface area contributed by atoms with Crippen LogP contribution in [0.2, 0.25) is 0 Å². The first-order valence-electron chi connectivity index (χ1n) is 9.10. The molecular formula is C20H21NO6S. The van der Waals surface area contributed by atoms with E-state index in [0.717, 1.165) is 27.8 Å². The summed E-state index contributed by atoms with van der Waals surface area (Å²) in [7, 11) is -0.137. The number of benzene rings is 2. The minimum Gasteiger partial charge on any atom is -0.493 e. The van der Waals surface area contributed by atoms with E-state index in [2.05, 4.69) is 0 Å². The van der Waals surface area contributed by atoms with Crippen molar-refractivity contribution in [1.82, 2.24) is 4.31 Å². The number of hydrogen-bond acceptors (Lipinski definition) is 6. The van der Waals surface area contributed by atoms with Gasteiger partial charge in [-0.15, -0.1) is 0 Å². The number of nitrogens with zero attached hydrogens (tertiary/aromatic N) is 1. The lowest BCUT2D eigenvalue weighted by Gasteiger charge is -2.41. The normalized spacial score (nSPS) is 19.8. The molecule has 0 spiro atoms. The number of hydrogen-bond donors (Lipinski definition) is 0. The standard InChI is InChI=1S/C20H21NO6S/c1-24-17-7-11-4-5-21(28(3,22)23)14-6-12-8-15-16(27-10-26-15)9-13(12)19(18(11)14)20(17)25-2/h7-9,14H,4-6,10H2,1-3H3/t14-/m0/s1. The van der Waals surface area contributed by atoms with Crippen molar-refractivity contribution in [3.8, 4) is 34.1 Å². The van der Waals surface area contributed by atoms with Crippen molar-refractivity contribution in [2.24, 2.45) is 0 Å². The van der Waals surface area contributed by atoms with Crippen molar-refractivity contribution >= 4 is 10.0 Å². The predicted octanol–water partition coefficient (Wildman–Crippen LogP) is 2.51. The quantitative estimate of drug-likeness (QED) is 0.784. The average Bonchev–Trinajstić information content (AvgIpc) is 3.12. The van der Waals surface area contributed by atoms with Gasteiger partial charge in [0.1, 0.15) is 0 Å². The molecule has 8 heteroatoms. The van der Waals surface area contributed by atoms with Crippen molar-refractivity contribution in [2.45, 2.75) is 18.9 Å². The second-order valence-electron chi connectivity index (χ2n) is 7.27. The maximum absolute atomic E-state index is 12.5. The molecule has 0 fully saturated rings. The van der Waals surface area contributed by atoms with E-state index in [0.29, 0.717) is 42.4 Å². The van der Waals surface area contributed by atoms with Crippen molar-refractivity contribution in [1.29, 1.82) is 0 Å². The van der Waals surface area contributed by atoms with E-state index in [1.54, 1.807) is 18.5 Å². The van der Waals surface area contributed by atoms with E-state index >= 15 is 0 Å². The third kappa shape index (κ3) is 2.41. The molecule has 2 heterocycles. The second kappa shape index (κ2) is 6.02. The smallest absolute Gasteiger partial charge is 0.231 e. The van der Waals surface area contributed by atoms with Crippen molar-refractivity contribution in [3.05, 3.63) is 34.9 Å². The zero-order chi connectivity index (χ0) is 19.6. The third-order valence-electron chi connectivity index (χ3n) is 5.78. The minimum atomic E-state index is -3.36. The van der Waals surface area contributed by atoms with Crippen LogP contribution in [0.3, 0.4) is 0 Å². The fourth-order valence-electron chi connectivity index (χ4n) is 4.64. The fourth-order valence-corrected chi connectivity index (χ4v) is 5.71. The highest BCUT2D eigenvalue weighted by Crippen LogP contribution is 2.54. The van der Waals surface area contributed by atoms with Gasteiger partial charge in [-0.05, 0) is 53.3 Å². The van der Waals surface area contributed by atoms with Gasteiger partial charge in [0.25, 0.3) is 0 Å². The van der Waals surface area contributed by atoms with Gasteiger partial charge < -0.3 is 18.9 Å². The van der Waals surface area contributed by atoms with Crippen LogP contribution >= 0.6 is 0 Å². The van der Waals surface area contributed by atoms with Crippen molar-refractivity contribution in [3.63, 3.8) is 0 Å². The Morgan fingerprint density at radius 3 is 2.50 bits per heavy atom. The van der Waals surface area contributed by atoms with Gasteiger partial charge in [-0.1, -0.05) is 0 Å². The minimum absolute atomic E-state index is 0.185. The van der Waals surface area contributed by atoms with Crippen LogP contribution in [0.4, 0.5) is 0 Å². The molecule has 0 bridgehead atoms. The third-order valence-corrected chi connectivity index (χ3v) is 7.07. The SMILES string of the molecule is COc1cc2c3c(c1OC)-c1cc4c(cc1C[C@@H]3N(S(C)(=O)=O)CC2)OCO4. The molecule has 148 valence electrons. The van der Waals surface area contributed by atoms with E-state index in [9.17, 15) is 8.42 Å². The van der Waals surface area contributed by atoms with Crippen LogP contribution in [-0.4, -0.2) is 46.5 Å². The summed E-state index contributed by atoms with van der Waals surface area (Å²) in [6, 6.07) is 5.61. The zero-order valence-corrected chi connectivity index (χ0v) is 16.8. The number of rotatable bonds is 3. The van der Waals surface area contributed by atoms with E-state index in [4.69, 9.17) is 18.9 Å². The Balaban J connectivity index is 1.84. The molecular weight excluding hydrogens is 382 g/mol. The Morgan fingerprint density at radius 2 is 1.82 bits per heavy atom. The van der Waals surface area contributed by atoms with Gasteiger partial charge in [0.05, 0.1) is 26.5 Å². The summed E-state index contributed by atoms with van der Waals surface area (Å²) in [6.07, 6.45) is 2.48. The lowest BCUT2D eigenvalue weighted by atomic mass is 9.77. The molecule has 0 saturated heterocycles. The van der Waals surface area contributed by atoms with Gasteiger partial charge in [0.2, 0.25) is 16.8 Å². The first-order chi connectivity index (χ1) is 13.4. The molecule has 7 nitrogen and oxygen atoms in total. The van der Waals surface area contributed by atoms with Crippen LogP contribution in [0.1, 0.15) is 22.7 Å². The molecule has 0 aromatic heterocycles. The summed E-state index contributed by atoms with van der Waals surface area (Å²) in [5.41, 5.74) is 4.97. The summed E-state index contributed by atoms with van der Waals surface area (Å²) < 4.78 is 49.1. The highest BCUT2D eigenvalue weighted by atomic mass is 32.2. The topological polar surface area (TPSA) is 74.3 Å². The lowest BCUT2D eigenvalue weighted by Crippen LogP contribution is -2.41. The summed E-state index contributed by atoms with van der Waals surface area (Å²) in [6.45, 7) is 0.635. The van der Waals surface area contributed by atoms with Crippen LogP contribution in [0.25, 0.3) is 11.1 Å². The van der Waals surface area contributed by atoms with Crippen LogP contribution < -0.4 is 18.9 Å². The van der Waals surface area contributed by atoms with Crippen LogP contribution in [0, 0.1) is 0 Å². The Morgan fingerprint density at radius 1 is 1.07 bits per heavy atom. The van der Waals surface area contributed by atoms with Crippen LogP contribution in [-0.2, 0) is 22.9 Å². The zero-order valence-electron chi connectivity index (χ0n) is 15.9. The maximum atomic E-state index is 12.5. The average molecular weight is 403 g/mol. The molecule has 1 atom stereocenters. The number of ether oxygens (including phenoxy) is 4. The molecule has 28 heavy (non-hydrogen) atoms. The lowest BCUT2D eigenvalue weighted by molar-refractivity contribution is 0.174. The Kier molecular flexibility index (Phi) is 3.79. The molecule has 0 saturated carbocycles. The first kappa shape index (κ1) is 17.6. The number of fused-ring (bicyclic) bond motifs is 3. The van der Waals surface area contributed by atoms with Crippen LogP contribution in [0.5, 0.6) is 23.0 Å². The molecule has 2 aromatic carbocycles. The summed E-state index contributed by atoms with van der Waals surface area (Å²) in [5, 5.41) is 0. The predicted molar refractivity (Wildman–Crippen MR) is 103 cm³/mol. The molecule has 3 aliphatic rings. The van der Waals surface area contributed by atoms with Gasteiger partial charge >= 0.3 is 0 Å². The fraction of sp³-hybridized carbons (Fsp3) is 0.400. The Bertz CT molecular complexity index is 1090. The van der Waals surface area contributed by atoms with E-state index < -0.39 is 10.0 Å². The molecule has 5 rings (SSSR count). The Labute approximate surface area is 163 Å². The summed E-state index contributed by atoms with van der Waals surface area (Å²) >= 11 is 0. The highest BCUT2D eigenvalue weighted by Gasteiger charge is 2.41. The van der Waals surface area contributed by atoms with Gasteiger partial charge in [-0.3, -0.25) is 0 Å². The van der Waals surface area contributed by atoms with E-state index in [-0.39, 0.29) is 12.8 Å². The van der Waals surface area contributed by atoms with E-state index in [1.807, 2.05) is 18.2 Å². The molecule has 0 unspecified atom stereocenters. The molecule has 0 amide bonds. The summed E-state index contributed by atoms with van der Waals surface area (Å²) in [4.78, 5) is 0. The summed E-state index contributed by atoms with van der Waals surface area (Å²) in [5.74, 6) is 2.63. The highest BCUT2D eigenvalue weighted by molar-refractivity contribution is 7.88. The Hall–Kier alpha value is -2.45. The molecule has 0 N–H and O–H groups in total. The first-order valence-corrected chi connectivity index (χ1v) is 10.9. The number of sulfonamides is 1. The van der Waals surface area contributed by atoms with E-state index in [1.165, 1.54) is 6.26 Å². The largest absolute Gasteiger partial charge is 0.493 e. The molecule has 0 radical (unpaired) electrons. The van der Waals surface area contributed by atoms with Crippen molar-refractivity contribution < 1.29 is 27.4 Å². The molecule has 2 aliphatic heterocycles.